The molecule has 0 saturated heterocycles. The van der Waals surface area contributed by atoms with Crippen molar-refractivity contribution in [3.63, 3.8) is 0 Å². The van der Waals surface area contributed by atoms with Crippen molar-refractivity contribution in [3.05, 3.63) is 142 Å². The molecule has 4 aromatic rings. The van der Waals surface area contributed by atoms with E-state index in [1.807, 2.05) is 0 Å². The van der Waals surface area contributed by atoms with Crippen molar-refractivity contribution in [1.82, 2.24) is 0 Å². The molecule has 0 radical (unpaired) electrons. The zero-order valence-electron chi connectivity index (χ0n) is 16.9. The molecule has 0 nitrogen and oxygen atoms in total. The van der Waals surface area contributed by atoms with Crippen molar-refractivity contribution < 1.29 is 0 Å². The normalized spacial score (nSPS) is 15.4. The molecule has 0 heterocycles. The summed E-state index contributed by atoms with van der Waals surface area (Å²) in [4.78, 5) is 0. The highest BCUT2D eigenvalue weighted by Gasteiger charge is 2.33. The summed E-state index contributed by atoms with van der Waals surface area (Å²) in [5.74, 6) is 0.240. The number of hydrogen-bond acceptors (Lipinski definition) is 0. The van der Waals surface area contributed by atoms with Crippen LogP contribution in [0, 0.1) is 13.8 Å². The van der Waals surface area contributed by atoms with Crippen LogP contribution in [0.2, 0.25) is 0 Å². The van der Waals surface area contributed by atoms with E-state index in [0.29, 0.717) is 0 Å². The largest absolute Gasteiger partial charge is 0.0622 e. The molecule has 0 N–H and O–H groups in total. The molecule has 0 bridgehead atoms. The molecular weight excluding hydrogens is 348 g/mol. The zero-order chi connectivity index (χ0) is 19.8. The van der Waals surface area contributed by atoms with Crippen LogP contribution in [0.25, 0.3) is 11.1 Å². The van der Waals surface area contributed by atoms with Crippen LogP contribution in [0.3, 0.4) is 0 Å². The van der Waals surface area contributed by atoms with E-state index in [4.69, 9.17) is 0 Å². The van der Waals surface area contributed by atoms with Crippen LogP contribution < -0.4 is 0 Å². The third-order valence-corrected chi connectivity index (χ3v) is 5.91. The van der Waals surface area contributed by atoms with E-state index in [2.05, 4.69) is 117 Å². The highest BCUT2D eigenvalue weighted by atomic mass is 14.4. The minimum absolute atomic E-state index is 0.240. The molecule has 1 aliphatic rings. The van der Waals surface area contributed by atoms with Crippen molar-refractivity contribution in [2.45, 2.75) is 19.8 Å². The van der Waals surface area contributed by atoms with Gasteiger partial charge in [-0.3, -0.25) is 0 Å². The van der Waals surface area contributed by atoms with Crippen LogP contribution in [-0.2, 0) is 0 Å². The lowest BCUT2D eigenvalue weighted by molar-refractivity contribution is 1.06. The van der Waals surface area contributed by atoms with Crippen LogP contribution in [-0.4, -0.2) is 0 Å². The van der Waals surface area contributed by atoms with Crippen LogP contribution in [0.5, 0.6) is 0 Å². The summed E-state index contributed by atoms with van der Waals surface area (Å²) < 4.78 is 0. The summed E-state index contributed by atoms with van der Waals surface area (Å²) in [7, 11) is 0. The number of rotatable bonds is 3. The third kappa shape index (κ3) is 3.11. The number of allylic oxidation sites excluding steroid dienone is 1. The molecular formula is C29H24. The first-order valence-electron chi connectivity index (χ1n) is 10.2. The fourth-order valence-electron chi connectivity index (χ4n) is 4.53. The van der Waals surface area contributed by atoms with Gasteiger partial charge in [-0.25, -0.2) is 0 Å². The van der Waals surface area contributed by atoms with E-state index in [0.717, 1.165) is 0 Å². The summed E-state index contributed by atoms with van der Waals surface area (Å²) in [6.07, 6.45) is 0. The first-order valence-corrected chi connectivity index (χ1v) is 10.2. The minimum Gasteiger partial charge on any atom is -0.0622 e. The molecule has 0 amide bonds. The van der Waals surface area contributed by atoms with Crippen molar-refractivity contribution in [1.29, 1.82) is 0 Å². The van der Waals surface area contributed by atoms with Gasteiger partial charge in [-0.15, -0.1) is 0 Å². The fourth-order valence-corrected chi connectivity index (χ4v) is 4.53. The number of benzene rings is 4. The van der Waals surface area contributed by atoms with Gasteiger partial charge in [-0.2, -0.15) is 0 Å². The van der Waals surface area contributed by atoms with Gasteiger partial charge in [0.15, 0.2) is 0 Å². The summed E-state index contributed by atoms with van der Waals surface area (Å²) in [5.41, 5.74) is 12.1. The number of fused-ring (bicyclic) bond motifs is 1. The van der Waals surface area contributed by atoms with Crippen LogP contribution in [0.1, 0.15) is 44.9 Å². The van der Waals surface area contributed by atoms with E-state index in [1.54, 1.807) is 0 Å². The predicted octanol–water partition coefficient (Wildman–Crippen LogP) is 7.41. The van der Waals surface area contributed by atoms with Gasteiger partial charge in [0.2, 0.25) is 0 Å². The summed E-state index contributed by atoms with van der Waals surface area (Å²) in [5, 5.41) is 0. The van der Waals surface area contributed by atoms with Gasteiger partial charge in [0.05, 0.1) is 0 Å². The lowest BCUT2D eigenvalue weighted by Crippen LogP contribution is -2.01. The van der Waals surface area contributed by atoms with E-state index in [-0.39, 0.29) is 5.92 Å². The van der Waals surface area contributed by atoms with Crippen LogP contribution >= 0.6 is 0 Å². The van der Waals surface area contributed by atoms with E-state index < -0.39 is 0 Å². The smallest absolute Gasteiger partial charge is 0.0358 e. The van der Waals surface area contributed by atoms with Crippen molar-refractivity contribution >= 4 is 11.1 Å². The van der Waals surface area contributed by atoms with Crippen molar-refractivity contribution in [2.75, 3.05) is 0 Å². The monoisotopic (exact) mass is 372 g/mol. The Morgan fingerprint density at radius 2 is 1.14 bits per heavy atom. The Bertz CT molecular complexity index is 1180. The maximum absolute atomic E-state index is 2.36. The molecule has 1 aliphatic carbocycles. The lowest BCUT2D eigenvalue weighted by Gasteiger charge is -2.19. The van der Waals surface area contributed by atoms with Crippen molar-refractivity contribution in [2.24, 2.45) is 0 Å². The molecule has 0 spiro atoms. The Morgan fingerprint density at radius 1 is 0.552 bits per heavy atom. The van der Waals surface area contributed by atoms with Gasteiger partial charge in [0, 0.05) is 5.92 Å². The van der Waals surface area contributed by atoms with Crippen LogP contribution in [0.15, 0.2) is 103 Å². The summed E-state index contributed by atoms with van der Waals surface area (Å²) in [6.45, 7) is 4.34. The van der Waals surface area contributed by atoms with Gasteiger partial charge >= 0.3 is 0 Å². The second kappa shape index (κ2) is 7.22. The molecule has 140 valence electrons. The Labute approximate surface area is 173 Å². The van der Waals surface area contributed by atoms with Gasteiger partial charge in [-0.05, 0) is 52.8 Å². The van der Waals surface area contributed by atoms with Gasteiger partial charge in [-0.1, -0.05) is 114 Å². The topological polar surface area (TPSA) is 0 Å². The van der Waals surface area contributed by atoms with Gasteiger partial charge in [0.1, 0.15) is 0 Å². The standard InChI is InChI=1S/C29H24/c1-20-13-16-24(17-14-20)27-25-18-15-21(2)19-26(25)28(22-9-5-3-6-10-22)29(27)23-11-7-4-8-12-23/h3-19,27H,1-2H3. The predicted molar refractivity (Wildman–Crippen MR) is 123 cm³/mol. The highest BCUT2D eigenvalue weighted by molar-refractivity contribution is 6.06. The van der Waals surface area contributed by atoms with Gasteiger partial charge < -0.3 is 0 Å². The zero-order valence-corrected chi connectivity index (χ0v) is 16.9. The van der Waals surface area contributed by atoms with E-state index in [1.165, 1.54) is 50.1 Å². The molecule has 0 heteroatoms. The van der Waals surface area contributed by atoms with Crippen LogP contribution in [0.4, 0.5) is 0 Å². The lowest BCUT2D eigenvalue weighted by atomic mass is 9.84. The average Bonchev–Trinajstić information content (AvgIpc) is 3.10. The molecule has 0 aromatic heterocycles. The average molecular weight is 373 g/mol. The Morgan fingerprint density at radius 3 is 1.79 bits per heavy atom. The first kappa shape index (κ1) is 17.7. The maximum atomic E-state index is 2.36. The maximum Gasteiger partial charge on any atom is 0.0358 e. The molecule has 5 rings (SSSR count). The molecule has 0 fully saturated rings. The number of aryl methyl sites for hydroxylation is 2. The Hall–Kier alpha value is -3.38. The number of hydrogen-bond donors (Lipinski definition) is 0. The summed E-state index contributed by atoms with van der Waals surface area (Å²) >= 11 is 0. The molecule has 0 aliphatic heterocycles. The summed E-state index contributed by atoms with van der Waals surface area (Å²) in [6, 6.07) is 37.7. The quantitative estimate of drug-likeness (QED) is 0.351. The second-order valence-electron chi connectivity index (χ2n) is 7.96. The van der Waals surface area contributed by atoms with E-state index >= 15 is 0 Å². The second-order valence-corrected chi connectivity index (χ2v) is 7.96. The molecule has 1 unspecified atom stereocenters. The minimum atomic E-state index is 0.240. The van der Waals surface area contributed by atoms with Gasteiger partial charge in [0.25, 0.3) is 0 Å². The third-order valence-electron chi connectivity index (χ3n) is 5.91. The SMILES string of the molecule is Cc1ccc(C2C(c3ccccc3)=C(c3ccccc3)c3cc(C)ccc32)cc1. The molecule has 4 aromatic carbocycles. The first-order chi connectivity index (χ1) is 14.2. The van der Waals surface area contributed by atoms with Crippen molar-refractivity contribution in [3.8, 4) is 0 Å². The fraction of sp³-hybridized carbons (Fsp3) is 0.103. The highest BCUT2D eigenvalue weighted by Crippen LogP contribution is 2.52. The molecule has 0 saturated carbocycles. The Balaban J connectivity index is 1.86. The molecule has 1 atom stereocenters. The Kier molecular flexibility index (Phi) is 4.41. The molecule has 29 heavy (non-hydrogen) atoms. The van der Waals surface area contributed by atoms with E-state index in [9.17, 15) is 0 Å².